The molecule has 0 unspecified atom stereocenters. The summed E-state index contributed by atoms with van der Waals surface area (Å²) in [7, 11) is 0. The van der Waals surface area contributed by atoms with Crippen molar-refractivity contribution in [3.8, 4) is 0 Å². The topological polar surface area (TPSA) is 59.4 Å². The first-order chi connectivity index (χ1) is 5.83. The molecule has 2 aromatic rings. The molecule has 0 saturated carbocycles. The number of nitrogens with one attached hydrogen (secondary N) is 1. The molecule has 5 nitrogen and oxygen atoms in total. The van der Waals surface area contributed by atoms with Crippen LogP contribution < -0.4 is 21.5 Å². The van der Waals surface area contributed by atoms with Gasteiger partial charge in [-0.25, -0.2) is 0 Å². The van der Waals surface area contributed by atoms with Gasteiger partial charge < -0.3 is 0 Å². The maximum absolute atomic E-state index is 4.96. The second kappa shape index (κ2) is 3.05. The second-order valence-electron chi connectivity index (χ2n) is 2.04. The van der Waals surface area contributed by atoms with Crippen LogP contribution in [0.15, 0.2) is 6.33 Å². The van der Waals surface area contributed by atoms with Gasteiger partial charge in [0, 0.05) is 0 Å². The molecule has 2 rings (SSSR count). The Morgan fingerprint density at radius 1 is 1.67 bits per heavy atom. The fourth-order valence-electron chi connectivity index (χ4n) is 0.879. The van der Waals surface area contributed by atoms with Gasteiger partial charge >= 0.3 is 83.9 Å². The number of hydrogen-bond donors (Lipinski definition) is 1. The van der Waals surface area contributed by atoms with E-state index in [9.17, 15) is 0 Å². The van der Waals surface area contributed by atoms with Crippen molar-refractivity contribution in [1.82, 2.24) is 23.2 Å². The number of H-pyrrole nitrogens is 1. The zero-order valence-electron chi connectivity index (χ0n) is 6.15. The van der Waals surface area contributed by atoms with E-state index in [1.807, 2.05) is 2.78 Å². The van der Waals surface area contributed by atoms with Gasteiger partial charge in [0.15, 0.2) is 0 Å². The van der Waals surface area contributed by atoms with Gasteiger partial charge in [0.05, 0.1) is 0 Å². The molecule has 12 heavy (non-hydrogen) atoms. The predicted octanol–water partition coefficient (Wildman–Crippen LogP) is -2.63. The summed E-state index contributed by atoms with van der Waals surface area (Å²) in [5.74, 6) is 0. The van der Waals surface area contributed by atoms with Gasteiger partial charge in [0.1, 0.15) is 0 Å². The number of halogens is 1. The Balaban J connectivity index is 2.89. The Labute approximate surface area is 83.8 Å². The second-order valence-corrected chi connectivity index (χ2v) is 4.43. The molecule has 0 saturated heterocycles. The first-order valence-electron chi connectivity index (χ1n) is 3.11. The summed E-state index contributed by atoms with van der Waals surface area (Å²) in [5, 5.41) is 10.2. The monoisotopic (exact) mass is 294 g/mol. The zero-order chi connectivity index (χ0) is 8.55. The van der Waals surface area contributed by atoms with E-state index in [1.54, 1.807) is 6.33 Å². The number of aromatic nitrogens is 5. The first kappa shape index (κ1) is 8.05. The molecule has 7 heteroatoms. The van der Waals surface area contributed by atoms with E-state index < -0.39 is 0 Å². The number of alkyl halides is 1. The van der Waals surface area contributed by atoms with E-state index in [1.165, 1.54) is 0 Å². The standard InChI is InChI=1S/C5H5IN5S/c1-6-11-2-7-3-4(11)8-10-9-5(3)12/h2H,1H3,(H,8,9,12)/q-1. The quantitative estimate of drug-likeness (QED) is 0.355. The molecule has 0 amide bonds. The summed E-state index contributed by atoms with van der Waals surface area (Å²) in [5.41, 5.74) is 1.62. The van der Waals surface area contributed by atoms with Crippen LogP contribution in [0.1, 0.15) is 0 Å². The molecule has 0 aliphatic carbocycles. The summed E-state index contributed by atoms with van der Waals surface area (Å²) in [4.78, 5) is 6.28. The van der Waals surface area contributed by atoms with Gasteiger partial charge in [-0.3, -0.25) is 0 Å². The molecule has 2 aromatic heterocycles. The maximum atomic E-state index is 4.96. The molecule has 64 valence electrons. The van der Waals surface area contributed by atoms with E-state index in [-0.39, 0.29) is 21.5 Å². The summed E-state index contributed by atoms with van der Waals surface area (Å²) >= 11 is 4.90. The van der Waals surface area contributed by atoms with Crippen molar-refractivity contribution in [3.63, 3.8) is 0 Å². The molecule has 0 spiro atoms. The number of aromatic amines is 1. The van der Waals surface area contributed by atoms with E-state index >= 15 is 0 Å². The minimum absolute atomic E-state index is 0.0592. The molecule has 0 aromatic carbocycles. The predicted molar refractivity (Wildman–Crippen MR) is 41.8 cm³/mol. The van der Waals surface area contributed by atoms with E-state index in [0.717, 1.165) is 11.2 Å². The molecule has 0 aliphatic heterocycles. The molecule has 0 fully saturated rings. The molecular weight excluding hydrogens is 289 g/mol. The molecule has 0 bridgehead atoms. The van der Waals surface area contributed by atoms with Crippen LogP contribution in [-0.2, 0) is 0 Å². The van der Waals surface area contributed by atoms with Crippen LogP contribution in [0.4, 0.5) is 0 Å². The SMILES string of the molecule is C[I-]n1cnc2c(=S)nn[nH]c21. The Kier molecular flexibility index (Phi) is 2.05. The van der Waals surface area contributed by atoms with Gasteiger partial charge in [0.2, 0.25) is 0 Å². The van der Waals surface area contributed by atoms with Crippen LogP contribution in [0.2, 0.25) is 0 Å². The van der Waals surface area contributed by atoms with Gasteiger partial charge in [-0.2, -0.15) is 0 Å². The van der Waals surface area contributed by atoms with Crippen molar-refractivity contribution in [2.75, 3.05) is 4.93 Å². The van der Waals surface area contributed by atoms with Gasteiger partial charge in [-0.05, 0) is 0 Å². The van der Waals surface area contributed by atoms with Crippen LogP contribution in [0, 0.1) is 4.64 Å². The Bertz CT molecular complexity index is 460. The van der Waals surface area contributed by atoms with E-state index in [2.05, 4.69) is 25.3 Å². The number of hydrogen-bond acceptors (Lipinski definition) is 4. The van der Waals surface area contributed by atoms with Crippen LogP contribution in [0.5, 0.6) is 0 Å². The van der Waals surface area contributed by atoms with Crippen LogP contribution in [0.3, 0.4) is 0 Å². The molecule has 2 heterocycles. The Morgan fingerprint density at radius 3 is 3.25 bits per heavy atom. The summed E-state index contributed by atoms with van der Waals surface area (Å²) < 4.78 is 2.50. The molecule has 1 N–H and O–H groups in total. The van der Waals surface area contributed by atoms with Crippen molar-refractivity contribution in [2.24, 2.45) is 0 Å². The minimum atomic E-state index is -0.0592. The summed E-state index contributed by atoms with van der Waals surface area (Å²) in [6, 6.07) is 0. The van der Waals surface area contributed by atoms with Gasteiger partial charge in [-0.15, -0.1) is 0 Å². The van der Waals surface area contributed by atoms with Gasteiger partial charge in [-0.1, -0.05) is 0 Å². The number of imidazole rings is 1. The van der Waals surface area contributed by atoms with Crippen molar-refractivity contribution in [2.45, 2.75) is 0 Å². The molecule has 0 aliphatic rings. The van der Waals surface area contributed by atoms with Crippen molar-refractivity contribution >= 4 is 23.4 Å². The third-order valence-corrected chi connectivity index (χ3v) is 3.45. The summed E-state index contributed by atoms with van der Waals surface area (Å²) in [6.45, 7) is 0. The third-order valence-electron chi connectivity index (χ3n) is 1.41. The normalized spacial score (nSPS) is 11.1. The molecular formula is C5H5IN5S-. The first-order valence-corrected chi connectivity index (χ1v) is 6.64. The van der Waals surface area contributed by atoms with Crippen molar-refractivity contribution in [3.05, 3.63) is 11.0 Å². The number of rotatable bonds is 1. The average Bonchev–Trinajstić information content (AvgIpc) is 2.49. The third kappa shape index (κ3) is 1.12. The number of nitrogens with zero attached hydrogens (tertiary/aromatic N) is 4. The van der Waals surface area contributed by atoms with Gasteiger partial charge in [0.25, 0.3) is 0 Å². The fourth-order valence-corrected chi connectivity index (χ4v) is 2.26. The van der Waals surface area contributed by atoms with Crippen molar-refractivity contribution < 1.29 is 21.5 Å². The van der Waals surface area contributed by atoms with Crippen LogP contribution in [-0.4, -0.2) is 28.1 Å². The number of fused-ring (bicyclic) bond motifs is 1. The Morgan fingerprint density at radius 2 is 2.50 bits per heavy atom. The van der Waals surface area contributed by atoms with E-state index in [4.69, 9.17) is 12.2 Å². The molecule has 0 atom stereocenters. The van der Waals surface area contributed by atoms with Crippen LogP contribution in [0.25, 0.3) is 11.2 Å². The summed E-state index contributed by atoms with van der Waals surface area (Å²) in [6.07, 6.45) is 1.77. The van der Waals surface area contributed by atoms with E-state index in [0.29, 0.717) is 4.64 Å². The zero-order valence-corrected chi connectivity index (χ0v) is 9.13. The average molecular weight is 294 g/mol. The fraction of sp³-hybridized carbons (Fsp3) is 0.200. The van der Waals surface area contributed by atoms with Crippen LogP contribution >= 0.6 is 12.2 Å². The Hall–Kier alpha value is -0.570. The molecule has 0 radical (unpaired) electrons. The van der Waals surface area contributed by atoms with Crippen molar-refractivity contribution in [1.29, 1.82) is 0 Å².